The quantitative estimate of drug-likeness (QED) is 0.365. The maximum absolute atomic E-state index is 12.1. The molecule has 7 heteroatoms. The molecule has 3 rings (SSSR count). The van der Waals surface area contributed by atoms with E-state index in [2.05, 4.69) is 4.90 Å². The molecule has 0 radical (unpaired) electrons. The van der Waals surface area contributed by atoms with Crippen LogP contribution < -0.4 is 9.47 Å². The van der Waals surface area contributed by atoms with Crippen LogP contribution in [0.3, 0.4) is 0 Å². The van der Waals surface area contributed by atoms with E-state index in [-0.39, 0.29) is 11.5 Å². The molecule has 0 amide bonds. The molecule has 1 heterocycles. The second-order valence-corrected chi connectivity index (χ2v) is 7.20. The SMILES string of the molecule is C/C=C(/C(C=O)=C/c1ccccc1OC)c1ccc(O)c(CN2CCOCC2)c1OC=O. The van der Waals surface area contributed by atoms with E-state index in [9.17, 15) is 14.7 Å². The molecule has 32 heavy (non-hydrogen) atoms. The number of hydrogen-bond acceptors (Lipinski definition) is 7. The minimum absolute atomic E-state index is 0.0221. The first kappa shape index (κ1) is 23.2. The van der Waals surface area contributed by atoms with Gasteiger partial charge in [-0.25, -0.2) is 0 Å². The molecule has 0 aliphatic carbocycles. The number of ether oxygens (including phenoxy) is 3. The standard InChI is InChI=1S/C25H27NO6/c1-3-20(19(16-27)14-18-6-4-5-7-24(18)30-2)21-8-9-23(29)22(25(21)32-17-28)15-26-10-12-31-13-11-26/h3-9,14,16-17,29H,10-13,15H2,1-2H3/b19-14+,20-3-. The van der Waals surface area contributed by atoms with Crippen LogP contribution in [0.5, 0.6) is 17.2 Å². The van der Waals surface area contributed by atoms with Crippen molar-refractivity contribution >= 4 is 24.4 Å². The Morgan fingerprint density at radius 2 is 1.91 bits per heavy atom. The molecule has 0 atom stereocenters. The Labute approximate surface area is 187 Å². The van der Waals surface area contributed by atoms with Gasteiger partial charge in [0.15, 0.2) is 6.29 Å². The van der Waals surface area contributed by atoms with E-state index in [0.29, 0.717) is 67.3 Å². The summed E-state index contributed by atoms with van der Waals surface area (Å²) in [6.45, 7) is 5.12. The number of aldehydes is 1. The van der Waals surface area contributed by atoms with E-state index >= 15 is 0 Å². The van der Waals surface area contributed by atoms with E-state index in [1.165, 1.54) is 0 Å². The topological polar surface area (TPSA) is 85.3 Å². The maximum Gasteiger partial charge on any atom is 0.298 e. The molecular formula is C25H27NO6. The third-order valence-corrected chi connectivity index (χ3v) is 5.35. The molecule has 1 fully saturated rings. The fourth-order valence-electron chi connectivity index (χ4n) is 3.75. The summed E-state index contributed by atoms with van der Waals surface area (Å²) in [5, 5.41) is 10.6. The number of carbonyl (C=O) groups is 2. The van der Waals surface area contributed by atoms with Crippen LogP contribution in [0.25, 0.3) is 11.6 Å². The molecule has 0 unspecified atom stereocenters. The summed E-state index contributed by atoms with van der Waals surface area (Å²) in [6, 6.07) is 10.6. The Hall–Kier alpha value is -3.42. The molecule has 1 aliphatic rings. The molecule has 0 aromatic heterocycles. The lowest BCUT2D eigenvalue weighted by molar-refractivity contribution is -0.120. The van der Waals surface area contributed by atoms with Crippen LogP contribution in [-0.4, -0.2) is 56.2 Å². The number of aromatic hydroxyl groups is 1. The fourth-order valence-corrected chi connectivity index (χ4v) is 3.75. The number of hydrogen-bond donors (Lipinski definition) is 1. The van der Waals surface area contributed by atoms with Crippen LogP contribution >= 0.6 is 0 Å². The van der Waals surface area contributed by atoms with Gasteiger partial charge >= 0.3 is 0 Å². The highest BCUT2D eigenvalue weighted by Crippen LogP contribution is 2.39. The molecule has 1 aliphatic heterocycles. The first-order valence-corrected chi connectivity index (χ1v) is 10.3. The zero-order chi connectivity index (χ0) is 22.9. The van der Waals surface area contributed by atoms with Gasteiger partial charge in [0, 0.05) is 36.3 Å². The monoisotopic (exact) mass is 437 g/mol. The number of allylic oxidation sites excluding steroid dienone is 3. The second kappa shape index (κ2) is 11.3. The number of benzene rings is 2. The van der Waals surface area contributed by atoms with Gasteiger partial charge in [-0.15, -0.1) is 0 Å². The Kier molecular flexibility index (Phi) is 8.19. The van der Waals surface area contributed by atoms with Crippen LogP contribution in [-0.2, 0) is 20.9 Å². The van der Waals surface area contributed by atoms with E-state index in [4.69, 9.17) is 14.2 Å². The largest absolute Gasteiger partial charge is 0.507 e. The molecular weight excluding hydrogens is 410 g/mol. The lowest BCUT2D eigenvalue weighted by Crippen LogP contribution is -2.35. The highest BCUT2D eigenvalue weighted by molar-refractivity contribution is 6.04. The van der Waals surface area contributed by atoms with Crippen molar-refractivity contribution in [1.29, 1.82) is 0 Å². The Morgan fingerprint density at radius 3 is 2.56 bits per heavy atom. The lowest BCUT2D eigenvalue weighted by atomic mass is 9.93. The van der Waals surface area contributed by atoms with E-state index < -0.39 is 0 Å². The second-order valence-electron chi connectivity index (χ2n) is 7.20. The number of nitrogens with zero attached hydrogens (tertiary/aromatic N) is 1. The molecule has 1 N–H and O–H groups in total. The highest BCUT2D eigenvalue weighted by atomic mass is 16.5. The van der Waals surface area contributed by atoms with Gasteiger partial charge in [0.25, 0.3) is 6.47 Å². The van der Waals surface area contributed by atoms with Gasteiger partial charge in [-0.05, 0) is 36.8 Å². The van der Waals surface area contributed by atoms with Gasteiger partial charge in [0.05, 0.1) is 25.9 Å². The van der Waals surface area contributed by atoms with Gasteiger partial charge in [-0.2, -0.15) is 0 Å². The molecule has 0 spiro atoms. The van der Waals surface area contributed by atoms with Crippen molar-refractivity contribution in [3.05, 3.63) is 64.7 Å². The first-order chi connectivity index (χ1) is 15.6. The average molecular weight is 437 g/mol. The number of carbonyl (C=O) groups excluding carboxylic acids is 2. The van der Waals surface area contributed by atoms with Crippen LogP contribution in [0.1, 0.15) is 23.6 Å². The zero-order valence-electron chi connectivity index (χ0n) is 18.2. The average Bonchev–Trinajstić information content (AvgIpc) is 2.83. The zero-order valence-corrected chi connectivity index (χ0v) is 18.2. The first-order valence-electron chi connectivity index (χ1n) is 10.3. The van der Waals surface area contributed by atoms with Crippen LogP contribution in [0, 0.1) is 0 Å². The molecule has 7 nitrogen and oxygen atoms in total. The number of rotatable bonds is 9. The molecule has 0 saturated carbocycles. The minimum atomic E-state index is 0.0221. The number of methoxy groups -OCH3 is 1. The van der Waals surface area contributed by atoms with Gasteiger partial charge < -0.3 is 19.3 Å². The maximum atomic E-state index is 12.1. The van der Waals surface area contributed by atoms with Crippen molar-refractivity contribution < 1.29 is 28.9 Å². The van der Waals surface area contributed by atoms with Crippen molar-refractivity contribution in [2.75, 3.05) is 33.4 Å². The Bertz CT molecular complexity index is 1020. The van der Waals surface area contributed by atoms with Crippen molar-refractivity contribution in [3.8, 4) is 17.2 Å². The van der Waals surface area contributed by atoms with Crippen LogP contribution in [0.2, 0.25) is 0 Å². The van der Waals surface area contributed by atoms with Crippen LogP contribution in [0.4, 0.5) is 0 Å². The van der Waals surface area contributed by atoms with Gasteiger partial charge in [0.1, 0.15) is 17.2 Å². The molecule has 1 saturated heterocycles. The van der Waals surface area contributed by atoms with E-state index in [1.807, 2.05) is 24.3 Å². The number of para-hydroxylation sites is 1. The van der Waals surface area contributed by atoms with Crippen molar-refractivity contribution in [2.24, 2.45) is 0 Å². The highest BCUT2D eigenvalue weighted by Gasteiger charge is 2.22. The predicted molar refractivity (Wildman–Crippen MR) is 122 cm³/mol. The Balaban J connectivity index is 2.08. The van der Waals surface area contributed by atoms with Gasteiger partial charge in [0.2, 0.25) is 0 Å². The number of morpholine rings is 1. The summed E-state index contributed by atoms with van der Waals surface area (Å²) >= 11 is 0. The minimum Gasteiger partial charge on any atom is -0.507 e. The van der Waals surface area contributed by atoms with Gasteiger partial charge in [-0.1, -0.05) is 24.3 Å². The molecule has 2 aromatic carbocycles. The van der Waals surface area contributed by atoms with Crippen LogP contribution in [0.15, 0.2) is 48.0 Å². The summed E-state index contributed by atoms with van der Waals surface area (Å²) in [6.07, 6.45) is 4.25. The van der Waals surface area contributed by atoms with Gasteiger partial charge in [-0.3, -0.25) is 14.5 Å². The summed E-state index contributed by atoms with van der Waals surface area (Å²) in [7, 11) is 1.57. The Morgan fingerprint density at radius 1 is 1.16 bits per heavy atom. The summed E-state index contributed by atoms with van der Waals surface area (Å²) < 4.78 is 16.1. The van der Waals surface area contributed by atoms with E-state index in [1.54, 1.807) is 38.3 Å². The van der Waals surface area contributed by atoms with Crippen molar-refractivity contribution in [3.63, 3.8) is 0 Å². The third-order valence-electron chi connectivity index (χ3n) is 5.35. The normalized spacial score (nSPS) is 15.3. The number of phenols is 1. The molecule has 0 bridgehead atoms. The fraction of sp³-hybridized carbons (Fsp3) is 0.280. The number of phenolic OH excluding ortho intramolecular Hbond substituents is 1. The summed E-state index contributed by atoms with van der Waals surface area (Å²) in [5.41, 5.74) is 2.72. The summed E-state index contributed by atoms with van der Waals surface area (Å²) in [4.78, 5) is 25.6. The van der Waals surface area contributed by atoms with E-state index in [0.717, 1.165) is 11.8 Å². The van der Waals surface area contributed by atoms with Crippen molar-refractivity contribution in [1.82, 2.24) is 4.90 Å². The smallest absolute Gasteiger partial charge is 0.298 e. The lowest BCUT2D eigenvalue weighted by Gasteiger charge is -2.28. The molecule has 168 valence electrons. The predicted octanol–water partition coefficient (Wildman–Crippen LogP) is 3.45. The summed E-state index contributed by atoms with van der Waals surface area (Å²) in [5.74, 6) is 0.881. The third kappa shape index (κ3) is 5.25. The molecule has 2 aromatic rings. The van der Waals surface area contributed by atoms with Crippen molar-refractivity contribution in [2.45, 2.75) is 13.5 Å².